The van der Waals surface area contributed by atoms with Gasteiger partial charge in [-0.1, -0.05) is 48.5 Å². The molecule has 0 saturated heterocycles. The lowest BCUT2D eigenvalue weighted by molar-refractivity contribution is -0.744. The Morgan fingerprint density at radius 3 is 2.14 bits per heavy atom. The van der Waals surface area contributed by atoms with Gasteiger partial charge in [0.25, 0.3) is 0 Å². The molecule has 3 heteroatoms. The number of hydrogen-bond acceptors (Lipinski definition) is 1. The van der Waals surface area contributed by atoms with Crippen molar-refractivity contribution in [3.8, 4) is 34.0 Å². The van der Waals surface area contributed by atoms with E-state index in [1.165, 1.54) is 33.4 Å². The van der Waals surface area contributed by atoms with Gasteiger partial charge < -0.3 is 0 Å². The van der Waals surface area contributed by atoms with Crippen molar-refractivity contribution in [1.29, 1.82) is 5.26 Å². The van der Waals surface area contributed by atoms with Crippen LogP contribution in [0.15, 0.2) is 73.1 Å². The molecule has 0 spiro atoms. The Balaban J connectivity index is 1.82. The van der Waals surface area contributed by atoms with Gasteiger partial charge in [0.05, 0.1) is 23.4 Å². The Bertz CT molecular complexity index is 1220. The summed E-state index contributed by atoms with van der Waals surface area (Å²) in [7, 11) is 2.03. The van der Waals surface area contributed by atoms with E-state index in [9.17, 15) is 5.26 Å². The predicted molar refractivity (Wildman–Crippen MR) is 117 cm³/mol. The van der Waals surface area contributed by atoms with Crippen LogP contribution in [-0.4, -0.2) is 4.68 Å². The van der Waals surface area contributed by atoms with Gasteiger partial charge in [-0.05, 0) is 66.3 Å². The third-order valence-electron chi connectivity index (χ3n) is 5.44. The van der Waals surface area contributed by atoms with Crippen LogP contribution < -0.4 is 4.68 Å². The van der Waals surface area contributed by atoms with E-state index in [1.807, 2.05) is 31.3 Å². The molecule has 0 unspecified atom stereocenters. The number of aryl methyl sites for hydroxylation is 4. The van der Waals surface area contributed by atoms with Crippen molar-refractivity contribution < 1.29 is 4.68 Å². The molecule has 0 bridgehead atoms. The first-order valence-corrected chi connectivity index (χ1v) is 9.74. The van der Waals surface area contributed by atoms with E-state index < -0.39 is 0 Å². The molecule has 0 aliphatic heterocycles. The topological polar surface area (TPSA) is 32.6 Å². The van der Waals surface area contributed by atoms with Gasteiger partial charge in [0.2, 0.25) is 6.20 Å². The maximum absolute atomic E-state index is 9.28. The number of nitrogens with zero attached hydrogens (tertiary/aromatic N) is 3. The molecule has 4 aromatic rings. The molecule has 29 heavy (non-hydrogen) atoms. The Labute approximate surface area is 172 Å². The smallest absolute Gasteiger partial charge is 0.192 e. The van der Waals surface area contributed by atoms with Gasteiger partial charge in [-0.25, -0.2) is 0 Å². The lowest BCUT2D eigenvalue weighted by Gasteiger charge is -2.11. The number of benzene rings is 3. The standard InChI is InChI=1S/C26H24N3/c1-18-10-11-21(15-27)14-25(18)29-17-24(16-28(29)4)26-19(2)12-23(13-20(26)3)22-8-6-5-7-9-22/h5-14,16-17H,1-4H3/q+1. The lowest BCUT2D eigenvalue weighted by Crippen LogP contribution is -2.37. The summed E-state index contributed by atoms with van der Waals surface area (Å²) < 4.78 is 4.18. The maximum Gasteiger partial charge on any atom is 0.203 e. The quantitative estimate of drug-likeness (QED) is 0.437. The minimum atomic E-state index is 0.667. The van der Waals surface area contributed by atoms with E-state index in [0.717, 1.165) is 11.3 Å². The van der Waals surface area contributed by atoms with Crippen LogP contribution in [0.3, 0.4) is 0 Å². The van der Waals surface area contributed by atoms with Gasteiger partial charge in [0.1, 0.15) is 5.69 Å². The summed E-state index contributed by atoms with van der Waals surface area (Å²) in [5.74, 6) is 0. The van der Waals surface area contributed by atoms with Crippen LogP contribution in [0.1, 0.15) is 22.3 Å². The zero-order chi connectivity index (χ0) is 20.5. The fraction of sp³-hybridized carbons (Fsp3) is 0.154. The zero-order valence-electron chi connectivity index (χ0n) is 17.3. The van der Waals surface area contributed by atoms with Gasteiger partial charge in [-0.15, -0.1) is 9.36 Å². The summed E-state index contributed by atoms with van der Waals surface area (Å²) >= 11 is 0. The van der Waals surface area contributed by atoms with E-state index in [1.54, 1.807) is 0 Å². The second-order valence-electron chi connectivity index (χ2n) is 7.60. The van der Waals surface area contributed by atoms with E-state index in [4.69, 9.17) is 0 Å². The second-order valence-corrected chi connectivity index (χ2v) is 7.60. The molecule has 1 aromatic heterocycles. The van der Waals surface area contributed by atoms with Gasteiger partial charge in [-0.3, -0.25) is 0 Å². The third kappa shape index (κ3) is 3.46. The number of nitriles is 1. The first-order valence-electron chi connectivity index (χ1n) is 9.74. The SMILES string of the molecule is Cc1ccc(C#N)cc1-n1cc(-c2c(C)cc(-c3ccccc3)cc2C)c[n+]1C. The molecule has 3 aromatic carbocycles. The van der Waals surface area contributed by atoms with Crippen LogP contribution in [-0.2, 0) is 7.05 Å². The molecule has 0 fully saturated rings. The highest BCUT2D eigenvalue weighted by atomic mass is 15.4. The Hall–Kier alpha value is -3.64. The molecule has 1 heterocycles. The lowest BCUT2D eigenvalue weighted by atomic mass is 9.93. The molecule has 0 amide bonds. The van der Waals surface area contributed by atoms with Crippen LogP contribution in [0.2, 0.25) is 0 Å². The second kappa shape index (κ2) is 7.41. The molecule has 3 nitrogen and oxygen atoms in total. The van der Waals surface area contributed by atoms with Gasteiger partial charge >= 0.3 is 0 Å². The summed E-state index contributed by atoms with van der Waals surface area (Å²) in [6.07, 6.45) is 4.30. The first-order chi connectivity index (χ1) is 14.0. The highest BCUT2D eigenvalue weighted by Crippen LogP contribution is 2.32. The van der Waals surface area contributed by atoms with E-state index in [-0.39, 0.29) is 0 Å². The monoisotopic (exact) mass is 378 g/mol. The fourth-order valence-electron chi connectivity index (χ4n) is 4.03. The number of aromatic nitrogens is 2. The molecule has 4 rings (SSSR count). The number of hydrogen-bond donors (Lipinski definition) is 0. The molecule has 0 aliphatic carbocycles. The fourth-order valence-corrected chi connectivity index (χ4v) is 4.03. The van der Waals surface area contributed by atoms with E-state index in [2.05, 4.69) is 85.0 Å². The van der Waals surface area contributed by atoms with Crippen molar-refractivity contribution >= 4 is 0 Å². The molecule has 142 valence electrons. The predicted octanol–water partition coefficient (Wildman–Crippen LogP) is 5.43. The largest absolute Gasteiger partial charge is 0.203 e. The third-order valence-corrected chi connectivity index (χ3v) is 5.44. The van der Waals surface area contributed by atoms with Gasteiger partial charge in [0.15, 0.2) is 7.05 Å². The van der Waals surface area contributed by atoms with Crippen molar-refractivity contribution in [2.45, 2.75) is 20.8 Å². The zero-order valence-corrected chi connectivity index (χ0v) is 17.3. The Morgan fingerprint density at radius 2 is 1.48 bits per heavy atom. The van der Waals surface area contributed by atoms with Crippen molar-refractivity contribution in [1.82, 2.24) is 4.68 Å². The Morgan fingerprint density at radius 1 is 0.793 bits per heavy atom. The maximum atomic E-state index is 9.28. The van der Waals surface area contributed by atoms with Crippen LogP contribution >= 0.6 is 0 Å². The molecule has 0 radical (unpaired) electrons. The Kier molecular flexibility index (Phi) is 4.78. The van der Waals surface area contributed by atoms with Crippen molar-refractivity contribution in [2.75, 3.05) is 0 Å². The van der Waals surface area contributed by atoms with Crippen LogP contribution in [0.4, 0.5) is 0 Å². The van der Waals surface area contributed by atoms with Crippen LogP contribution in [0.5, 0.6) is 0 Å². The van der Waals surface area contributed by atoms with Crippen molar-refractivity contribution in [3.05, 3.63) is 95.3 Å². The van der Waals surface area contributed by atoms with Crippen LogP contribution in [0.25, 0.3) is 27.9 Å². The minimum absolute atomic E-state index is 0.667. The van der Waals surface area contributed by atoms with E-state index in [0.29, 0.717) is 5.56 Å². The summed E-state index contributed by atoms with van der Waals surface area (Å²) in [4.78, 5) is 0. The highest BCUT2D eigenvalue weighted by Gasteiger charge is 2.18. The normalized spacial score (nSPS) is 10.7. The van der Waals surface area contributed by atoms with Gasteiger partial charge in [-0.2, -0.15) is 5.26 Å². The van der Waals surface area contributed by atoms with Crippen LogP contribution in [0, 0.1) is 32.1 Å². The van der Waals surface area contributed by atoms with Gasteiger partial charge in [0, 0.05) is 0 Å². The summed E-state index contributed by atoms with van der Waals surface area (Å²) in [6, 6.07) is 23.1. The molecule has 0 N–H and O–H groups in total. The highest BCUT2D eigenvalue weighted by molar-refractivity contribution is 5.76. The van der Waals surface area contributed by atoms with E-state index >= 15 is 0 Å². The average molecular weight is 378 g/mol. The molecule has 0 saturated carbocycles. The number of rotatable bonds is 3. The summed E-state index contributed by atoms with van der Waals surface area (Å²) in [5, 5.41) is 9.28. The molecular weight excluding hydrogens is 354 g/mol. The summed E-state index contributed by atoms with van der Waals surface area (Å²) in [6.45, 7) is 6.42. The molecule has 0 atom stereocenters. The summed E-state index contributed by atoms with van der Waals surface area (Å²) in [5.41, 5.74) is 10.2. The van der Waals surface area contributed by atoms with Crippen molar-refractivity contribution in [2.24, 2.45) is 7.05 Å². The molecular formula is C26H24N3+. The minimum Gasteiger partial charge on any atom is -0.192 e. The first kappa shape index (κ1) is 18.7. The molecule has 0 aliphatic rings. The van der Waals surface area contributed by atoms with Crippen molar-refractivity contribution in [3.63, 3.8) is 0 Å². The average Bonchev–Trinajstić information content (AvgIpc) is 3.09.